The molecule has 2 rings (SSSR count). The number of aliphatic hydroxyl groups is 1. The first-order valence-corrected chi connectivity index (χ1v) is 6.22. The van der Waals surface area contributed by atoms with Crippen LogP contribution in [-0.2, 0) is 6.61 Å². The average Bonchev–Trinajstić information content (AvgIpc) is 2.88. The number of carbonyl (C=O) groups excluding carboxylic acids is 1. The van der Waals surface area contributed by atoms with Crippen LogP contribution < -0.4 is 10.1 Å². The third-order valence-electron chi connectivity index (χ3n) is 2.53. The Labute approximate surface area is 116 Å². The van der Waals surface area contributed by atoms with E-state index in [-0.39, 0.29) is 25.7 Å². The maximum atomic E-state index is 11.7. The number of aromatic nitrogens is 1. The third kappa shape index (κ3) is 3.83. The van der Waals surface area contributed by atoms with Gasteiger partial charge in [0.2, 0.25) is 5.89 Å². The van der Waals surface area contributed by atoms with Gasteiger partial charge in [0, 0.05) is 12.1 Å². The highest BCUT2D eigenvalue weighted by molar-refractivity contribution is 5.94. The summed E-state index contributed by atoms with van der Waals surface area (Å²) in [7, 11) is 0. The predicted octanol–water partition coefficient (Wildman–Crippen LogP) is 1.28. The van der Waals surface area contributed by atoms with Crippen molar-refractivity contribution < 1.29 is 19.1 Å². The predicted molar refractivity (Wildman–Crippen MR) is 71.4 cm³/mol. The van der Waals surface area contributed by atoms with E-state index in [2.05, 4.69) is 10.3 Å². The van der Waals surface area contributed by atoms with Crippen LogP contribution in [0.5, 0.6) is 5.75 Å². The van der Waals surface area contributed by atoms with Crippen LogP contribution >= 0.6 is 0 Å². The maximum Gasteiger partial charge on any atom is 0.251 e. The Balaban J connectivity index is 1.97. The van der Waals surface area contributed by atoms with Crippen molar-refractivity contribution in [3.8, 4) is 5.75 Å². The summed E-state index contributed by atoms with van der Waals surface area (Å²) in [5.41, 5.74) is 0.472. The van der Waals surface area contributed by atoms with Gasteiger partial charge < -0.3 is 19.6 Å². The van der Waals surface area contributed by atoms with Crippen LogP contribution in [0, 0.1) is 6.92 Å². The van der Waals surface area contributed by atoms with Gasteiger partial charge in [0.1, 0.15) is 11.5 Å². The fourth-order valence-electron chi connectivity index (χ4n) is 1.61. The summed E-state index contributed by atoms with van der Waals surface area (Å²) < 4.78 is 10.8. The van der Waals surface area contributed by atoms with Gasteiger partial charge in [0.15, 0.2) is 6.61 Å². The van der Waals surface area contributed by atoms with Crippen LogP contribution in [0.25, 0.3) is 0 Å². The molecular formula is C14H16N2O4. The van der Waals surface area contributed by atoms with E-state index in [1.807, 2.05) is 6.92 Å². The first-order valence-electron chi connectivity index (χ1n) is 6.22. The standard InChI is InChI=1S/C14H16N2O4/c1-10-8-16-13(20-10)9-19-12-4-2-3-11(7-12)14(18)15-5-6-17/h2-4,7-8,17H,5-6,9H2,1H3,(H,15,18). The molecule has 0 bridgehead atoms. The summed E-state index contributed by atoms with van der Waals surface area (Å²) in [5.74, 6) is 1.51. The van der Waals surface area contributed by atoms with Crippen molar-refractivity contribution in [2.75, 3.05) is 13.2 Å². The second-order valence-electron chi connectivity index (χ2n) is 4.16. The van der Waals surface area contributed by atoms with Gasteiger partial charge in [0.25, 0.3) is 5.91 Å². The molecule has 0 saturated carbocycles. The van der Waals surface area contributed by atoms with E-state index in [9.17, 15) is 4.79 Å². The second kappa shape index (κ2) is 6.72. The van der Waals surface area contributed by atoms with E-state index in [4.69, 9.17) is 14.3 Å². The van der Waals surface area contributed by atoms with E-state index >= 15 is 0 Å². The Bertz CT molecular complexity index is 580. The number of hydrogen-bond donors (Lipinski definition) is 2. The Morgan fingerprint density at radius 2 is 2.35 bits per heavy atom. The molecule has 1 amide bonds. The van der Waals surface area contributed by atoms with Crippen LogP contribution in [0.1, 0.15) is 22.0 Å². The summed E-state index contributed by atoms with van der Waals surface area (Å²) in [6, 6.07) is 6.78. The molecule has 0 radical (unpaired) electrons. The zero-order chi connectivity index (χ0) is 14.4. The number of rotatable bonds is 6. The molecule has 106 valence electrons. The lowest BCUT2D eigenvalue weighted by Crippen LogP contribution is -2.26. The monoisotopic (exact) mass is 276 g/mol. The molecule has 0 atom stereocenters. The van der Waals surface area contributed by atoms with Gasteiger partial charge in [-0.15, -0.1) is 0 Å². The smallest absolute Gasteiger partial charge is 0.251 e. The number of oxazole rings is 1. The second-order valence-corrected chi connectivity index (χ2v) is 4.16. The highest BCUT2D eigenvalue weighted by Crippen LogP contribution is 2.15. The lowest BCUT2D eigenvalue weighted by Gasteiger charge is -2.07. The molecule has 2 aromatic rings. The van der Waals surface area contributed by atoms with E-state index in [0.29, 0.717) is 17.2 Å². The van der Waals surface area contributed by atoms with Gasteiger partial charge in [-0.3, -0.25) is 4.79 Å². The fourth-order valence-corrected chi connectivity index (χ4v) is 1.61. The lowest BCUT2D eigenvalue weighted by molar-refractivity contribution is 0.0944. The van der Waals surface area contributed by atoms with Gasteiger partial charge in [-0.1, -0.05) is 6.07 Å². The van der Waals surface area contributed by atoms with Crippen LogP contribution in [0.3, 0.4) is 0 Å². The van der Waals surface area contributed by atoms with Crippen molar-refractivity contribution in [2.45, 2.75) is 13.5 Å². The first kappa shape index (κ1) is 14.1. The molecule has 1 heterocycles. The van der Waals surface area contributed by atoms with Crippen molar-refractivity contribution in [1.29, 1.82) is 0 Å². The molecule has 0 spiro atoms. The zero-order valence-corrected chi connectivity index (χ0v) is 11.1. The highest BCUT2D eigenvalue weighted by Gasteiger charge is 2.07. The van der Waals surface area contributed by atoms with Crippen molar-refractivity contribution in [3.63, 3.8) is 0 Å². The number of nitrogens with zero attached hydrogens (tertiary/aromatic N) is 1. The Kier molecular flexibility index (Phi) is 4.73. The summed E-state index contributed by atoms with van der Waals surface area (Å²) in [4.78, 5) is 15.8. The Morgan fingerprint density at radius 1 is 1.50 bits per heavy atom. The molecule has 0 saturated heterocycles. The Hall–Kier alpha value is -2.34. The summed E-state index contributed by atoms with van der Waals surface area (Å²) in [6.07, 6.45) is 1.62. The van der Waals surface area contributed by atoms with Crippen molar-refractivity contribution in [3.05, 3.63) is 47.7 Å². The van der Waals surface area contributed by atoms with Gasteiger partial charge in [-0.05, 0) is 25.1 Å². The van der Waals surface area contributed by atoms with E-state index in [0.717, 1.165) is 5.76 Å². The molecule has 1 aromatic heterocycles. The normalized spacial score (nSPS) is 10.3. The molecule has 0 aliphatic rings. The number of nitrogens with one attached hydrogen (secondary N) is 1. The maximum absolute atomic E-state index is 11.7. The van der Waals surface area contributed by atoms with Crippen molar-refractivity contribution >= 4 is 5.91 Å². The van der Waals surface area contributed by atoms with Crippen LogP contribution in [0.15, 0.2) is 34.9 Å². The molecule has 2 N–H and O–H groups in total. The number of aliphatic hydroxyl groups excluding tert-OH is 1. The topological polar surface area (TPSA) is 84.6 Å². The van der Waals surface area contributed by atoms with Gasteiger partial charge in [0.05, 0.1) is 12.8 Å². The summed E-state index contributed by atoms with van der Waals surface area (Å²) in [5, 5.41) is 11.2. The minimum absolute atomic E-state index is 0.0918. The van der Waals surface area contributed by atoms with Gasteiger partial charge in [-0.2, -0.15) is 0 Å². The molecule has 6 nitrogen and oxygen atoms in total. The number of hydrogen-bond acceptors (Lipinski definition) is 5. The minimum Gasteiger partial charge on any atom is -0.484 e. The van der Waals surface area contributed by atoms with Crippen LogP contribution in [0.2, 0.25) is 0 Å². The van der Waals surface area contributed by atoms with Crippen LogP contribution in [-0.4, -0.2) is 29.1 Å². The Morgan fingerprint density at radius 3 is 3.05 bits per heavy atom. The molecule has 0 fully saturated rings. The van der Waals surface area contributed by atoms with Gasteiger partial charge in [-0.25, -0.2) is 4.98 Å². The van der Waals surface area contributed by atoms with E-state index < -0.39 is 0 Å². The quantitative estimate of drug-likeness (QED) is 0.830. The number of carbonyl (C=O) groups is 1. The van der Waals surface area contributed by atoms with E-state index in [1.165, 1.54) is 0 Å². The minimum atomic E-state index is -0.253. The van der Waals surface area contributed by atoms with Crippen molar-refractivity contribution in [2.24, 2.45) is 0 Å². The zero-order valence-electron chi connectivity index (χ0n) is 11.1. The number of aryl methyl sites for hydroxylation is 1. The molecule has 0 aliphatic heterocycles. The SMILES string of the molecule is Cc1cnc(COc2cccc(C(=O)NCCO)c2)o1. The molecule has 0 aliphatic carbocycles. The molecule has 6 heteroatoms. The third-order valence-corrected chi connectivity index (χ3v) is 2.53. The summed E-state index contributed by atoms with van der Waals surface area (Å²) in [6.45, 7) is 2.14. The highest BCUT2D eigenvalue weighted by atomic mass is 16.5. The number of ether oxygens (including phenoxy) is 1. The lowest BCUT2D eigenvalue weighted by atomic mass is 10.2. The van der Waals surface area contributed by atoms with Crippen molar-refractivity contribution in [1.82, 2.24) is 10.3 Å². The van der Waals surface area contributed by atoms with Gasteiger partial charge >= 0.3 is 0 Å². The molecular weight excluding hydrogens is 260 g/mol. The molecule has 1 aromatic carbocycles. The van der Waals surface area contributed by atoms with Crippen LogP contribution in [0.4, 0.5) is 0 Å². The average molecular weight is 276 g/mol. The van der Waals surface area contributed by atoms with E-state index in [1.54, 1.807) is 30.5 Å². The largest absolute Gasteiger partial charge is 0.484 e. The fraction of sp³-hybridized carbons (Fsp3) is 0.286. The number of amides is 1. The number of benzene rings is 1. The summed E-state index contributed by atoms with van der Waals surface area (Å²) >= 11 is 0. The molecule has 20 heavy (non-hydrogen) atoms. The molecule has 0 unspecified atom stereocenters. The first-order chi connectivity index (χ1) is 9.69.